The molecule has 0 radical (unpaired) electrons. The summed E-state index contributed by atoms with van der Waals surface area (Å²) >= 11 is 0. The molecule has 3 aromatic rings. The summed E-state index contributed by atoms with van der Waals surface area (Å²) in [7, 11) is 0. The third kappa shape index (κ3) is 6.83. The molecule has 31 heavy (non-hydrogen) atoms. The molecule has 4 nitrogen and oxygen atoms in total. The van der Waals surface area contributed by atoms with Gasteiger partial charge in [0.25, 0.3) is 0 Å². The van der Waals surface area contributed by atoms with Crippen molar-refractivity contribution in [2.75, 3.05) is 16.3 Å². The molecule has 0 saturated carbocycles. The van der Waals surface area contributed by atoms with E-state index in [9.17, 15) is 4.79 Å². The van der Waals surface area contributed by atoms with Crippen molar-refractivity contribution in [2.24, 2.45) is 0 Å². The fraction of sp³-hybridized carbons (Fsp3) is 0.154. The first-order chi connectivity index (χ1) is 14.6. The molecule has 0 bridgehead atoms. The Kier molecular flexibility index (Phi) is 9.55. The molecule has 0 spiro atoms. The number of para-hydroxylation sites is 2. The molecule has 162 valence electrons. The van der Waals surface area contributed by atoms with Gasteiger partial charge in [0.15, 0.2) is 5.78 Å². The van der Waals surface area contributed by atoms with E-state index in [0.29, 0.717) is 0 Å². The molecule has 0 aliphatic carbocycles. The average molecular weight is 594 g/mol. The first kappa shape index (κ1) is 24.4. The third-order valence-electron chi connectivity index (χ3n) is 4.60. The van der Waals surface area contributed by atoms with Crippen molar-refractivity contribution in [2.45, 2.75) is 20.0 Å². The molecule has 1 unspecified atom stereocenters. The molecule has 1 fully saturated rings. The minimum absolute atomic E-state index is 0. The molecule has 0 aromatic heterocycles. The summed E-state index contributed by atoms with van der Waals surface area (Å²) in [6.45, 7) is 5.98. The second kappa shape index (κ2) is 12.1. The van der Waals surface area contributed by atoms with Crippen LogP contribution in [0.4, 0.5) is 11.4 Å². The van der Waals surface area contributed by atoms with Gasteiger partial charge in [-0.1, -0.05) is 55.1 Å². The van der Waals surface area contributed by atoms with Gasteiger partial charge in [0.2, 0.25) is 0 Å². The fourth-order valence-corrected chi connectivity index (χ4v) is 3.43. The van der Waals surface area contributed by atoms with Gasteiger partial charge in [0, 0.05) is 11.8 Å². The van der Waals surface area contributed by atoms with Crippen molar-refractivity contribution in [3.05, 3.63) is 115 Å². The Bertz CT molecular complexity index is 911. The zero-order valence-corrected chi connectivity index (χ0v) is 19.9. The minimum Gasteiger partial charge on any atom is -0.519 e. The fourth-order valence-electron chi connectivity index (χ4n) is 3.43. The first-order valence-corrected chi connectivity index (χ1v) is 9.89. The molecule has 3 aromatic carbocycles. The van der Waals surface area contributed by atoms with Crippen molar-refractivity contribution in [3.8, 4) is 0 Å². The second-order valence-corrected chi connectivity index (χ2v) is 7.01. The van der Waals surface area contributed by atoms with E-state index in [4.69, 9.17) is 5.11 Å². The van der Waals surface area contributed by atoms with E-state index in [0.717, 1.165) is 12.2 Å². The summed E-state index contributed by atoms with van der Waals surface area (Å²) in [4.78, 5) is 14.7. The third-order valence-corrected chi connectivity index (χ3v) is 4.60. The Morgan fingerprint density at radius 3 is 2.13 bits per heavy atom. The number of hydrogen-bond donors (Lipinski definition) is 1. The zero-order chi connectivity index (χ0) is 21.3. The number of hydrogen-bond acceptors (Lipinski definition) is 4. The molecule has 1 atom stereocenters. The van der Waals surface area contributed by atoms with E-state index in [1.165, 1.54) is 31.2 Å². The predicted octanol–water partition coefficient (Wildman–Crippen LogP) is 5.71. The monoisotopic (exact) mass is 593 g/mol. The van der Waals surface area contributed by atoms with Crippen LogP contribution in [0.5, 0.6) is 0 Å². The first-order valence-electron chi connectivity index (χ1n) is 9.89. The van der Waals surface area contributed by atoms with Gasteiger partial charge in [-0.25, -0.2) is 6.54 Å². The van der Waals surface area contributed by atoms with Crippen LogP contribution in [0.2, 0.25) is 0 Å². The van der Waals surface area contributed by atoms with Crippen molar-refractivity contribution >= 4 is 17.2 Å². The molecule has 1 heterocycles. The van der Waals surface area contributed by atoms with Crippen LogP contribution < -0.4 is 9.80 Å². The van der Waals surface area contributed by atoms with Gasteiger partial charge >= 0.3 is 21.1 Å². The number of ketones is 1. The number of aliphatic hydroxyl groups excluding tert-OH is 1. The van der Waals surface area contributed by atoms with E-state index in [1.807, 2.05) is 12.1 Å². The molecule has 1 N–H and O–H groups in total. The largest absolute Gasteiger partial charge is 2.00 e. The van der Waals surface area contributed by atoms with Crippen LogP contribution in [-0.4, -0.2) is 17.4 Å². The summed E-state index contributed by atoms with van der Waals surface area (Å²) in [6, 6.07) is 32.7. The number of nitrogens with zero attached hydrogens (tertiary/aromatic N) is 2. The standard InChI is InChI=1S/C21H18N2.C5H8O2.Pt/c1-4-10-18(11-5-1)21-22(19-12-6-2-7-13-19)16-17-23(21)20-14-8-3-9-15-20;1-4(6)3-5(2)7;/h1-14,17,21H,16H2;3,6H,1-2H3;/q-2;;+2/b;4-3-;. The Labute approximate surface area is 199 Å². The van der Waals surface area contributed by atoms with E-state index in [2.05, 4.69) is 95.2 Å². The second-order valence-electron chi connectivity index (χ2n) is 7.01. The number of anilines is 2. The Morgan fingerprint density at radius 2 is 1.61 bits per heavy atom. The normalized spacial score (nSPS) is 15.5. The van der Waals surface area contributed by atoms with Gasteiger partial charge in [-0.15, -0.1) is 5.69 Å². The number of aliphatic hydroxyl groups is 1. The molecule has 0 amide bonds. The maximum atomic E-state index is 10.0. The van der Waals surface area contributed by atoms with Crippen LogP contribution in [-0.2, 0) is 25.9 Å². The van der Waals surface area contributed by atoms with E-state index >= 15 is 0 Å². The van der Waals surface area contributed by atoms with E-state index in [1.54, 1.807) is 0 Å². The van der Waals surface area contributed by atoms with E-state index < -0.39 is 0 Å². The Morgan fingerprint density at radius 1 is 1.00 bits per heavy atom. The molecule has 5 heteroatoms. The predicted molar refractivity (Wildman–Crippen MR) is 122 cm³/mol. The number of allylic oxidation sites excluding steroid dienone is 2. The molecule has 4 rings (SSSR count). The van der Waals surface area contributed by atoms with Crippen molar-refractivity contribution < 1.29 is 31.0 Å². The molecule has 1 saturated heterocycles. The molecular weight excluding hydrogens is 567 g/mol. The van der Waals surface area contributed by atoms with Gasteiger partial charge < -0.3 is 14.9 Å². The summed E-state index contributed by atoms with van der Waals surface area (Å²) in [6.07, 6.45) is 1.32. The van der Waals surface area contributed by atoms with E-state index in [-0.39, 0.29) is 38.8 Å². The van der Waals surface area contributed by atoms with Crippen molar-refractivity contribution in [1.82, 2.24) is 0 Å². The molecule has 1 aliphatic heterocycles. The van der Waals surface area contributed by atoms with Crippen LogP contribution in [0.15, 0.2) is 96.8 Å². The van der Waals surface area contributed by atoms with Gasteiger partial charge in [-0.2, -0.15) is 30.3 Å². The van der Waals surface area contributed by atoms with Gasteiger partial charge in [0.1, 0.15) is 0 Å². The van der Waals surface area contributed by atoms with Crippen LogP contribution in [0.1, 0.15) is 25.6 Å². The summed E-state index contributed by atoms with van der Waals surface area (Å²) < 4.78 is 0. The topological polar surface area (TPSA) is 43.8 Å². The summed E-state index contributed by atoms with van der Waals surface area (Å²) in [5.41, 5.74) is 3.61. The van der Waals surface area contributed by atoms with Crippen LogP contribution in [0.25, 0.3) is 0 Å². The summed E-state index contributed by atoms with van der Waals surface area (Å²) in [5.74, 6) is -0.0625. The van der Waals surface area contributed by atoms with Crippen molar-refractivity contribution in [3.63, 3.8) is 0 Å². The maximum Gasteiger partial charge on any atom is 2.00 e. The van der Waals surface area contributed by atoms with Crippen LogP contribution in [0.3, 0.4) is 0 Å². The van der Waals surface area contributed by atoms with Gasteiger partial charge in [-0.05, 0) is 31.5 Å². The molecule has 1 aliphatic rings. The smallest absolute Gasteiger partial charge is 0.519 e. The van der Waals surface area contributed by atoms with Gasteiger partial charge in [-0.3, -0.25) is 4.79 Å². The Balaban J connectivity index is 0.000000373. The number of benzene rings is 3. The van der Waals surface area contributed by atoms with Crippen LogP contribution in [0, 0.1) is 12.6 Å². The van der Waals surface area contributed by atoms with Crippen molar-refractivity contribution in [1.29, 1.82) is 0 Å². The maximum absolute atomic E-state index is 10.0. The van der Waals surface area contributed by atoms with Crippen LogP contribution >= 0.6 is 0 Å². The van der Waals surface area contributed by atoms with Gasteiger partial charge in [0.05, 0.1) is 11.9 Å². The molecular formula is C26H26N2O2Pt. The summed E-state index contributed by atoms with van der Waals surface area (Å²) in [5, 5.41) is 8.36. The number of rotatable bonds is 4. The number of carbonyl (C=O) groups excluding carboxylic acids is 1. The minimum atomic E-state index is -0.125. The zero-order valence-electron chi connectivity index (χ0n) is 17.6. The SMILES string of the molecule is CC(=O)/C=C(/C)O.[Pt+2].[c-]1ccccc1N1[CH-]CN(c2ccccc2)C1c1ccccc1. The number of carbonyl (C=O) groups is 1. The quantitative estimate of drug-likeness (QED) is 0.239. The Hall–Kier alpha value is -2.84. The average Bonchev–Trinajstić information content (AvgIpc) is 3.20.